The second kappa shape index (κ2) is 8.74. The highest BCUT2D eigenvalue weighted by Crippen LogP contribution is 2.38. The van der Waals surface area contributed by atoms with Crippen LogP contribution >= 0.6 is 23.2 Å². The van der Waals surface area contributed by atoms with Gasteiger partial charge in [-0.1, -0.05) is 23.7 Å². The Bertz CT molecular complexity index is 943. The van der Waals surface area contributed by atoms with Crippen LogP contribution in [-0.4, -0.2) is 40.4 Å². The van der Waals surface area contributed by atoms with Gasteiger partial charge in [-0.2, -0.15) is 0 Å². The number of carbonyl (C=O) groups is 1. The number of hydrogen-bond acceptors (Lipinski definition) is 2. The topological polar surface area (TPSA) is 56.3 Å². The predicted molar refractivity (Wildman–Crippen MR) is 106 cm³/mol. The number of hydrogen-bond donors (Lipinski definition) is 2. The molecule has 27 heavy (non-hydrogen) atoms. The molecule has 142 valence electrons. The van der Waals surface area contributed by atoms with E-state index in [4.69, 9.17) is 28.3 Å². The zero-order chi connectivity index (χ0) is 19.4. The highest BCUT2D eigenvalue weighted by atomic mass is 35.5. The average molecular weight is 409 g/mol. The predicted octanol–water partition coefficient (Wildman–Crippen LogP) is 4.28. The molecule has 7 heteroatoms. The number of nitrogens with one attached hydrogen (secondary N) is 1. The standard InChI is InChI=1S/C18H14ClFN2O.C2H5ClO/c19-12-4-5-16-15(9-12)14-6-7-22(10-23)18(17(14)21-16)11-2-1-3-13(20)8-11;3-1-2-4/h1-5,8-10,18,21H,6-7H2;4H,1-2H2. The zero-order valence-electron chi connectivity index (χ0n) is 14.5. The van der Waals surface area contributed by atoms with Crippen LogP contribution in [0, 0.1) is 5.82 Å². The summed E-state index contributed by atoms with van der Waals surface area (Å²) in [6, 6.07) is 11.8. The van der Waals surface area contributed by atoms with Crippen LogP contribution in [0.15, 0.2) is 42.5 Å². The van der Waals surface area contributed by atoms with Crippen LogP contribution in [0.3, 0.4) is 0 Å². The summed E-state index contributed by atoms with van der Waals surface area (Å²) >= 11 is 11.1. The molecule has 1 aromatic heterocycles. The lowest BCUT2D eigenvalue weighted by Crippen LogP contribution is -2.35. The molecule has 0 bridgehead atoms. The Morgan fingerprint density at radius 3 is 2.74 bits per heavy atom. The van der Waals surface area contributed by atoms with Crippen molar-refractivity contribution in [1.29, 1.82) is 0 Å². The average Bonchev–Trinajstić information content (AvgIpc) is 3.05. The van der Waals surface area contributed by atoms with E-state index in [1.807, 2.05) is 24.3 Å². The molecule has 0 saturated carbocycles. The number of nitrogens with zero attached hydrogens (tertiary/aromatic N) is 1. The van der Waals surface area contributed by atoms with Crippen molar-refractivity contribution >= 4 is 40.5 Å². The minimum absolute atomic E-state index is 0.0849. The number of aliphatic hydroxyl groups is 1. The van der Waals surface area contributed by atoms with Crippen LogP contribution in [0.25, 0.3) is 10.9 Å². The normalized spacial score (nSPS) is 15.9. The number of benzene rings is 2. The van der Waals surface area contributed by atoms with Crippen LogP contribution < -0.4 is 0 Å². The van der Waals surface area contributed by atoms with Gasteiger partial charge in [0.25, 0.3) is 0 Å². The van der Waals surface area contributed by atoms with Crippen molar-refractivity contribution in [2.45, 2.75) is 12.5 Å². The number of aliphatic hydroxyl groups excluding tert-OH is 1. The summed E-state index contributed by atoms with van der Waals surface area (Å²) < 4.78 is 13.7. The lowest BCUT2D eigenvalue weighted by molar-refractivity contribution is -0.120. The van der Waals surface area contributed by atoms with Gasteiger partial charge in [0.05, 0.1) is 12.6 Å². The van der Waals surface area contributed by atoms with E-state index in [1.54, 1.807) is 11.0 Å². The van der Waals surface area contributed by atoms with Gasteiger partial charge < -0.3 is 15.0 Å². The maximum Gasteiger partial charge on any atom is 0.210 e. The SMILES string of the molecule is O=CN1CCc2c([nH]c3ccc(Cl)cc23)C1c1cccc(F)c1.OCCCl. The molecular weight excluding hydrogens is 390 g/mol. The molecule has 3 aromatic rings. The number of halogens is 3. The molecule has 0 fully saturated rings. The lowest BCUT2D eigenvalue weighted by Gasteiger charge is -2.33. The summed E-state index contributed by atoms with van der Waals surface area (Å²) in [6.07, 6.45) is 1.58. The third-order valence-corrected chi connectivity index (χ3v) is 4.91. The maximum absolute atomic E-state index is 13.7. The van der Waals surface area contributed by atoms with Crippen molar-refractivity contribution in [3.8, 4) is 0 Å². The van der Waals surface area contributed by atoms with Gasteiger partial charge in [0.2, 0.25) is 6.41 Å². The number of carbonyl (C=O) groups excluding carboxylic acids is 1. The Morgan fingerprint density at radius 2 is 2.07 bits per heavy atom. The van der Waals surface area contributed by atoms with Gasteiger partial charge in [-0.25, -0.2) is 4.39 Å². The Kier molecular flexibility index (Phi) is 6.37. The molecule has 2 N–H and O–H groups in total. The van der Waals surface area contributed by atoms with Gasteiger partial charge >= 0.3 is 0 Å². The van der Waals surface area contributed by atoms with Crippen molar-refractivity contribution < 1.29 is 14.3 Å². The highest BCUT2D eigenvalue weighted by Gasteiger charge is 2.31. The van der Waals surface area contributed by atoms with Crippen LogP contribution in [0.2, 0.25) is 5.02 Å². The number of aromatic nitrogens is 1. The third-order valence-electron chi connectivity index (χ3n) is 4.51. The molecule has 1 unspecified atom stereocenters. The monoisotopic (exact) mass is 408 g/mol. The van der Waals surface area contributed by atoms with E-state index in [0.717, 1.165) is 40.6 Å². The van der Waals surface area contributed by atoms with Gasteiger partial charge in [0.15, 0.2) is 0 Å². The summed E-state index contributed by atoms with van der Waals surface area (Å²) in [5.41, 5.74) is 3.82. The second-order valence-electron chi connectivity index (χ2n) is 6.17. The van der Waals surface area contributed by atoms with Crippen LogP contribution in [0.1, 0.15) is 22.9 Å². The smallest absolute Gasteiger partial charge is 0.210 e. The fourth-order valence-electron chi connectivity index (χ4n) is 3.43. The summed E-state index contributed by atoms with van der Waals surface area (Å²) in [6.45, 7) is 0.679. The van der Waals surface area contributed by atoms with Crippen LogP contribution in [0.5, 0.6) is 0 Å². The molecule has 4 rings (SSSR count). The molecule has 0 radical (unpaired) electrons. The first-order valence-electron chi connectivity index (χ1n) is 8.52. The highest BCUT2D eigenvalue weighted by molar-refractivity contribution is 6.31. The van der Waals surface area contributed by atoms with Crippen molar-refractivity contribution in [3.63, 3.8) is 0 Å². The molecule has 1 aliphatic heterocycles. The fraction of sp³-hybridized carbons (Fsp3) is 0.250. The third kappa shape index (κ3) is 4.10. The molecule has 1 atom stereocenters. The van der Waals surface area contributed by atoms with E-state index < -0.39 is 0 Å². The number of alkyl halides is 1. The Morgan fingerprint density at radius 1 is 1.30 bits per heavy atom. The second-order valence-corrected chi connectivity index (χ2v) is 6.98. The molecule has 1 aliphatic rings. The summed E-state index contributed by atoms with van der Waals surface area (Å²) in [4.78, 5) is 16.6. The first-order valence-corrected chi connectivity index (χ1v) is 9.43. The minimum Gasteiger partial charge on any atom is -0.395 e. The molecule has 0 saturated heterocycles. The number of rotatable bonds is 3. The summed E-state index contributed by atoms with van der Waals surface area (Å²) in [5, 5.41) is 9.49. The van der Waals surface area contributed by atoms with E-state index in [2.05, 4.69) is 4.98 Å². The number of amides is 1. The molecule has 2 heterocycles. The van der Waals surface area contributed by atoms with E-state index in [0.29, 0.717) is 17.4 Å². The Labute approximate surface area is 166 Å². The fourth-order valence-corrected chi connectivity index (χ4v) is 3.60. The number of H-pyrrole nitrogens is 1. The first-order chi connectivity index (χ1) is 13.1. The van der Waals surface area contributed by atoms with E-state index >= 15 is 0 Å². The molecule has 0 aliphatic carbocycles. The van der Waals surface area contributed by atoms with Gasteiger partial charge in [-0.05, 0) is 47.9 Å². The molecule has 0 spiro atoms. The maximum atomic E-state index is 13.7. The largest absolute Gasteiger partial charge is 0.395 e. The van der Waals surface area contributed by atoms with Gasteiger partial charge in [-0.3, -0.25) is 4.79 Å². The van der Waals surface area contributed by atoms with Gasteiger partial charge in [0.1, 0.15) is 5.82 Å². The summed E-state index contributed by atoms with van der Waals surface area (Å²) in [5.74, 6) is 0.0413. The van der Waals surface area contributed by atoms with Gasteiger partial charge in [0, 0.05) is 34.0 Å². The zero-order valence-corrected chi connectivity index (χ0v) is 16.0. The van der Waals surface area contributed by atoms with Crippen molar-refractivity contribution in [2.75, 3.05) is 19.0 Å². The Hall–Kier alpha value is -2.08. The summed E-state index contributed by atoms with van der Waals surface area (Å²) in [7, 11) is 0. The van der Waals surface area contributed by atoms with E-state index in [9.17, 15) is 9.18 Å². The van der Waals surface area contributed by atoms with E-state index in [-0.39, 0.29) is 18.5 Å². The minimum atomic E-state index is -0.307. The molecule has 1 amide bonds. The quantitative estimate of drug-likeness (QED) is 0.501. The van der Waals surface area contributed by atoms with Gasteiger partial charge in [-0.15, -0.1) is 11.6 Å². The molecule has 2 aromatic carbocycles. The Balaban J connectivity index is 0.000000481. The van der Waals surface area contributed by atoms with Crippen molar-refractivity contribution in [3.05, 3.63) is 70.1 Å². The van der Waals surface area contributed by atoms with Crippen LogP contribution in [-0.2, 0) is 11.2 Å². The van der Waals surface area contributed by atoms with Crippen LogP contribution in [0.4, 0.5) is 4.39 Å². The lowest BCUT2D eigenvalue weighted by atomic mass is 9.93. The van der Waals surface area contributed by atoms with Crippen molar-refractivity contribution in [1.82, 2.24) is 9.88 Å². The molecular formula is C20H19Cl2FN2O2. The van der Waals surface area contributed by atoms with E-state index in [1.165, 1.54) is 12.1 Å². The number of fused-ring (bicyclic) bond motifs is 3. The first kappa shape index (κ1) is 19.7. The van der Waals surface area contributed by atoms with Crippen molar-refractivity contribution in [2.24, 2.45) is 0 Å². The molecule has 4 nitrogen and oxygen atoms in total. The number of aromatic amines is 1.